The quantitative estimate of drug-likeness (QED) is 0.665. The highest BCUT2D eigenvalue weighted by Gasteiger charge is 2.21. The molecule has 0 unspecified atom stereocenters. The molecule has 0 saturated heterocycles. The Morgan fingerprint density at radius 1 is 1.17 bits per heavy atom. The van der Waals surface area contributed by atoms with Crippen LogP contribution < -0.4 is 0 Å². The lowest BCUT2D eigenvalue weighted by atomic mass is 10.1. The highest BCUT2D eigenvalue weighted by molar-refractivity contribution is 7.98. The lowest BCUT2D eigenvalue weighted by Crippen LogP contribution is -2.08. The van der Waals surface area contributed by atoms with E-state index in [0.29, 0.717) is 11.8 Å². The number of hydrogen-bond donors (Lipinski definition) is 0. The van der Waals surface area contributed by atoms with Crippen LogP contribution in [0.1, 0.15) is 37.5 Å². The van der Waals surface area contributed by atoms with Crippen LogP contribution in [0.4, 0.5) is 0 Å². The molecule has 7 heteroatoms. The predicted molar refractivity (Wildman–Crippen MR) is 86.8 cm³/mol. The molecule has 3 aromatic rings. The molecule has 0 radical (unpaired) electrons. The minimum atomic E-state index is 0.446. The van der Waals surface area contributed by atoms with Gasteiger partial charge >= 0.3 is 0 Å². The van der Waals surface area contributed by atoms with E-state index in [9.17, 15) is 0 Å². The Labute approximate surface area is 138 Å². The van der Waals surface area contributed by atoms with Crippen LogP contribution in [0.5, 0.6) is 0 Å². The maximum absolute atomic E-state index is 5.43. The molecular formula is C16H17N5OS. The Morgan fingerprint density at radius 3 is 2.83 bits per heavy atom. The van der Waals surface area contributed by atoms with E-state index in [1.54, 1.807) is 11.8 Å². The van der Waals surface area contributed by atoms with Crippen LogP contribution in [-0.2, 0) is 5.75 Å². The molecule has 1 aromatic carbocycles. The second kappa shape index (κ2) is 6.54. The average molecular weight is 327 g/mol. The van der Waals surface area contributed by atoms with E-state index in [4.69, 9.17) is 4.52 Å². The van der Waals surface area contributed by atoms with Crippen LogP contribution in [-0.4, -0.2) is 25.4 Å². The van der Waals surface area contributed by atoms with Crippen molar-refractivity contribution in [2.45, 2.75) is 42.6 Å². The third-order valence-corrected chi connectivity index (χ3v) is 5.06. The fraction of sp³-hybridized carbons (Fsp3) is 0.375. The van der Waals surface area contributed by atoms with E-state index in [2.05, 4.69) is 20.7 Å². The fourth-order valence-electron chi connectivity index (χ4n) is 2.92. The van der Waals surface area contributed by atoms with Crippen molar-refractivity contribution in [2.24, 2.45) is 0 Å². The summed E-state index contributed by atoms with van der Waals surface area (Å²) in [6, 6.07) is 12.4. The molecule has 0 spiro atoms. The molecule has 6 nitrogen and oxygen atoms in total. The second-order valence-corrected chi connectivity index (χ2v) is 6.62. The summed E-state index contributed by atoms with van der Waals surface area (Å²) in [5.74, 6) is 1.50. The molecule has 1 aliphatic rings. The van der Waals surface area contributed by atoms with Crippen molar-refractivity contribution in [1.82, 2.24) is 25.4 Å². The van der Waals surface area contributed by atoms with Crippen LogP contribution in [0, 0.1) is 0 Å². The zero-order chi connectivity index (χ0) is 15.5. The molecule has 0 bridgehead atoms. The summed E-state index contributed by atoms with van der Waals surface area (Å²) in [5.41, 5.74) is 1.92. The zero-order valence-corrected chi connectivity index (χ0v) is 13.4. The standard InChI is InChI=1S/C16H17N5OS/c1-2-6-12(7-3-1)15-10-14(22-18-15)11-23-16-17-19-20-21(16)13-8-4-5-9-13/h1-3,6-7,10,13H,4-5,8-9,11H2. The monoisotopic (exact) mass is 327 g/mol. The molecular weight excluding hydrogens is 310 g/mol. The summed E-state index contributed by atoms with van der Waals surface area (Å²) in [5, 5.41) is 17.1. The molecule has 1 aliphatic carbocycles. The van der Waals surface area contributed by atoms with E-state index in [-0.39, 0.29) is 0 Å². The molecule has 2 heterocycles. The lowest BCUT2D eigenvalue weighted by molar-refractivity contribution is 0.396. The first-order valence-corrected chi connectivity index (χ1v) is 8.80. The van der Waals surface area contributed by atoms with Crippen molar-refractivity contribution in [1.29, 1.82) is 0 Å². The lowest BCUT2D eigenvalue weighted by Gasteiger charge is -2.09. The van der Waals surface area contributed by atoms with Crippen molar-refractivity contribution in [3.05, 3.63) is 42.2 Å². The van der Waals surface area contributed by atoms with E-state index in [0.717, 1.165) is 22.2 Å². The highest BCUT2D eigenvalue weighted by atomic mass is 32.2. The van der Waals surface area contributed by atoms with Gasteiger partial charge in [0, 0.05) is 11.6 Å². The molecule has 1 fully saturated rings. The average Bonchev–Trinajstić information content (AvgIpc) is 3.33. The van der Waals surface area contributed by atoms with Crippen molar-refractivity contribution >= 4 is 11.8 Å². The number of tetrazole rings is 1. The fourth-order valence-corrected chi connectivity index (χ4v) is 3.74. The summed E-state index contributed by atoms with van der Waals surface area (Å²) in [6.45, 7) is 0. The first-order valence-electron chi connectivity index (χ1n) is 7.82. The zero-order valence-electron chi connectivity index (χ0n) is 12.6. The Morgan fingerprint density at radius 2 is 2.00 bits per heavy atom. The summed E-state index contributed by atoms with van der Waals surface area (Å²) in [4.78, 5) is 0. The van der Waals surface area contributed by atoms with Crippen LogP contribution >= 0.6 is 11.8 Å². The van der Waals surface area contributed by atoms with Gasteiger partial charge in [-0.15, -0.1) is 5.10 Å². The maximum atomic E-state index is 5.43. The number of benzene rings is 1. The first-order chi connectivity index (χ1) is 11.4. The first kappa shape index (κ1) is 14.4. The summed E-state index contributed by atoms with van der Waals surface area (Å²) in [7, 11) is 0. The third kappa shape index (κ3) is 3.14. The van der Waals surface area contributed by atoms with Gasteiger partial charge in [-0.3, -0.25) is 0 Å². The molecule has 4 rings (SSSR count). The Balaban J connectivity index is 1.44. The van der Waals surface area contributed by atoms with E-state index >= 15 is 0 Å². The summed E-state index contributed by atoms with van der Waals surface area (Å²) in [6.07, 6.45) is 4.85. The van der Waals surface area contributed by atoms with Crippen LogP contribution in [0.25, 0.3) is 11.3 Å². The number of rotatable bonds is 5. The van der Waals surface area contributed by atoms with Gasteiger partial charge in [-0.25, -0.2) is 4.68 Å². The van der Waals surface area contributed by atoms with Gasteiger partial charge < -0.3 is 4.52 Å². The normalized spacial score (nSPS) is 15.3. The minimum absolute atomic E-state index is 0.446. The highest BCUT2D eigenvalue weighted by Crippen LogP contribution is 2.32. The Kier molecular flexibility index (Phi) is 4.10. The molecule has 2 aromatic heterocycles. The van der Waals surface area contributed by atoms with Crippen molar-refractivity contribution in [3.63, 3.8) is 0 Å². The van der Waals surface area contributed by atoms with Gasteiger partial charge in [0.1, 0.15) is 11.5 Å². The van der Waals surface area contributed by atoms with Crippen LogP contribution in [0.15, 0.2) is 46.1 Å². The molecule has 1 saturated carbocycles. The van der Waals surface area contributed by atoms with E-state index in [1.807, 2.05) is 41.1 Å². The largest absolute Gasteiger partial charge is 0.360 e. The second-order valence-electron chi connectivity index (χ2n) is 5.68. The summed E-state index contributed by atoms with van der Waals surface area (Å²) >= 11 is 1.60. The van der Waals surface area contributed by atoms with Crippen LogP contribution in [0.3, 0.4) is 0 Å². The minimum Gasteiger partial charge on any atom is -0.360 e. The van der Waals surface area contributed by atoms with Gasteiger partial charge in [0.05, 0.1) is 11.8 Å². The van der Waals surface area contributed by atoms with Gasteiger partial charge in [-0.2, -0.15) is 0 Å². The maximum Gasteiger partial charge on any atom is 0.210 e. The molecule has 118 valence electrons. The smallest absolute Gasteiger partial charge is 0.210 e. The van der Waals surface area contributed by atoms with Crippen molar-refractivity contribution < 1.29 is 4.52 Å². The number of hydrogen-bond acceptors (Lipinski definition) is 6. The molecule has 0 amide bonds. The van der Waals surface area contributed by atoms with Crippen molar-refractivity contribution in [2.75, 3.05) is 0 Å². The molecule has 0 N–H and O–H groups in total. The van der Waals surface area contributed by atoms with Gasteiger partial charge in [-0.05, 0) is 23.3 Å². The topological polar surface area (TPSA) is 69.6 Å². The van der Waals surface area contributed by atoms with E-state index in [1.165, 1.54) is 25.7 Å². The number of aromatic nitrogens is 5. The van der Waals surface area contributed by atoms with Gasteiger partial charge in [-0.1, -0.05) is 60.1 Å². The Bertz CT molecular complexity index is 764. The van der Waals surface area contributed by atoms with Crippen molar-refractivity contribution in [3.8, 4) is 11.3 Å². The summed E-state index contributed by atoms with van der Waals surface area (Å²) < 4.78 is 7.40. The van der Waals surface area contributed by atoms with Gasteiger partial charge in [0.25, 0.3) is 0 Å². The number of thioether (sulfide) groups is 1. The van der Waals surface area contributed by atoms with E-state index < -0.39 is 0 Å². The van der Waals surface area contributed by atoms with Gasteiger partial charge in [0.2, 0.25) is 5.16 Å². The van der Waals surface area contributed by atoms with Gasteiger partial charge in [0.15, 0.2) is 0 Å². The predicted octanol–water partition coefficient (Wildman–Crippen LogP) is 3.74. The SMILES string of the molecule is c1ccc(-c2cc(CSc3nnnn3C3CCCC3)on2)cc1. The molecule has 0 aliphatic heterocycles. The third-order valence-electron chi connectivity index (χ3n) is 4.11. The molecule has 23 heavy (non-hydrogen) atoms. The Hall–Kier alpha value is -2.15. The number of nitrogens with zero attached hydrogens (tertiary/aromatic N) is 5. The molecule has 0 atom stereocenters. The van der Waals surface area contributed by atoms with Crippen LogP contribution in [0.2, 0.25) is 0 Å².